The number of para-hydroxylation sites is 1. The standard InChI is InChI=1S/C21H18N4O3/c1-11-8-9-12(15(26)10-11)17-16-18(23-22-17)19(27)25(3)21(16)13-6-4-5-7-14(13)24(2)20(21)28/h4-10,26H,1-3H3,(H,22,23). The molecule has 5 rings (SSSR count). The number of hydrogen-bond donors (Lipinski definition) is 2. The van der Waals surface area contributed by atoms with Gasteiger partial charge in [-0.1, -0.05) is 24.3 Å². The van der Waals surface area contributed by atoms with Crippen LogP contribution in [0.5, 0.6) is 5.75 Å². The topological polar surface area (TPSA) is 89.5 Å². The molecule has 3 aromatic rings. The van der Waals surface area contributed by atoms with Crippen LogP contribution in [0.3, 0.4) is 0 Å². The molecule has 7 heteroatoms. The number of nitrogens with one attached hydrogen (secondary N) is 1. The molecule has 0 saturated carbocycles. The predicted octanol–water partition coefficient (Wildman–Crippen LogP) is 2.40. The smallest absolute Gasteiger partial charge is 0.273 e. The quantitative estimate of drug-likeness (QED) is 0.684. The SMILES string of the molecule is Cc1ccc(-c2n[nH]c3c2C2(C(=O)N(C)c4ccccc42)N(C)C3=O)c(O)c1. The molecule has 2 amide bonds. The molecule has 2 N–H and O–H groups in total. The number of likely N-dealkylation sites (N-methyl/N-ethyl adjacent to an activating group) is 2. The lowest BCUT2D eigenvalue weighted by Gasteiger charge is -2.32. The minimum atomic E-state index is -1.31. The number of aromatic amines is 1. The highest BCUT2D eigenvalue weighted by Gasteiger charge is 2.62. The van der Waals surface area contributed by atoms with Gasteiger partial charge in [-0.25, -0.2) is 0 Å². The highest BCUT2D eigenvalue weighted by molar-refractivity contribution is 6.17. The summed E-state index contributed by atoms with van der Waals surface area (Å²) in [4.78, 5) is 29.6. The largest absolute Gasteiger partial charge is 0.507 e. The third-order valence-electron chi connectivity index (χ3n) is 5.83. The van der Waals surface area contributed by atoms with E-state index in [9.17, 15) is 14.7 Å². The van der Waals surface area contributed by atoms with E-state index < -0.39 is 5.54 Å². The van der Waals surface area contributed by atoms with Crippen molar-refractivity contribution in [2.24, 2.45) is 0 Å². The summed E-state index contributed by atoms with van der Waals surface area (Å²) >= 11 is 0. The number of aromatic nitrogens is 2. The third kappa shape index (κ3) is 1.71. The Labute approximate surface area is 161 Å². The van der Waals surface area contributed by atoms with E-state index in [2.05, 4.69) is 10.2 Å². The number of hydrogen-bond acceptors (Lipinski definition) is 4. The van der Waals surface area contributed by atoms with Crippen LogP contribution in [0, 0.1) is 6.92 Å². The summed E-state index contributed by atoms with van der Waals surface area (Å²) in [6.45, 7) is 1.88. The van der Waals surface area contributed by atoms with Crippen LogP contribution in [0.1, 0.15) is 27.2 Å². The number of H-pyrrole nitrogens is 1. The van der Waals surface area contributed by atoms with E-state index in [4.69, 9.17) is 0 Å². The van der Waals surface area contributed by atoms with Crippen LogP contribution in [0.4, 0.5) is 5.69 Å². The van der Waals surface area contributed by atoms with Crippen LogP contribution in [0.25, 0.3) is 11.3 Å². The molecule has 3 heterocycles. The first-order chi connectivity index (χ1) is 13.4. The predicted molar refractivity (Wildman–Crippen MR) is 103 cm³/mol. The van der Waals surface area contributed by atoms with Crippen LogP contribution in [-0.2, 0) is 10.3 Å². The van der Waals surface area contributed by atoms with Gasteiger partial charge in [0, 0.05) is 30.9 Å². The van der Waals surface area contributed by atoms with Gasteiger partial charge in [0.1, 0.15) is 17.1 Å². The van der Waals surface area contributed by atoms with Gasteiger partial charge in [-0.05, 0) is 30.7 Å². The monoisotopic (exact) mass is 374 g/mol. The van der Waals surface area contributed by atoms with Crippen LogP contribution < -0.4 is 4.90 Å². The van der Waals surface area contributed by atoms with Gasteiger partial charge in [0.2, 0.25) is 0 Å². The summed E-state index contributed by atoms with van der Waals surface area (Å²) in [5, 5.41) is 17.7. The van der Waals surface area contributed by atoms with Gasteiger partial charge in [-0.3, -0.25) is 14.7 Å². The molecular formula is C21H18N4O3. The number of nitrogens with zero attached hydrogens (tertiary/aromatic N) is 3. The number of aryl methyl sites for hydroxylation is 1. The molecule has 0 bridgehead atoms. The Balaban J connectivity index is 1.87. The number of carbonyl (C=O) groups excluding carboxylic acids is 2. The van der Waals surface area contributed by atoms with Gasteiger partial charge < -0.3 is 14.9 Å². The first-order valence-corrected chi connectivity index (χ1v) is 8.93. The average molecular weight is 374 g/mol. The molecule has 2 aromatic carbocycles. The fourth-order valence-corrected chi connectivity index (χ4v) is 4.48. The Morgan fingerprint density at radius 1 is 1.11 bits per heavy atom. The first kappa shape index (κ1) is 16.6. The average Bonchev–Trinajstić information content (AvgIpc) is 3.27. The van der Waals surface area contributed by atoms with Crippen LogP contribution in [0.15, 0.2) is 42.5 Å². The zero-order chi connectivity index (χ0) is 19.8. The summed E-state index contributed by atoms with van der Waals surface area (Å²) in [6, 6.07) is 12.7. The second-order valence-electron chi connectivity index (χ2n) is 7.30. The normalized spacial score (nSPS) is 20.2. The van der Waals surface area contributed by atoms with E-state index in [1.54, 1.807) is 31.1 Å². The minimum absolute atomic E-state index is 0.0542. The van der Waals surface area contributed by atoms with Crippen molar-refractivity contribution in [2.45, 2.75) is 12.5 Å². The fourth-order valence-electron chi connectivity index (χ4n) is 4.48. The molecule has 0 aliphatic carbocycles. The number of aromatic hydroxyl groups is 1. The van der Waals surface area contributed by atoms with Crippen molar-refractivity contribution in [1.29, 1.82) is 0 Å². The molecule has 1 atom stereocenters. The van der Waals surface area contributed by atoms with Gasteiger partial charge in [-0.2, -0.15) is 5.10 Å². The Kier molecular flexibility index (Phi) is 3.09. The van der Waals surface area contributed by atoms with Gasteiger partial charge >= 0.3 is 0 Å². The number of benzene rings is 2. The van der Waals surface area contributed by atoms with Crippen molar-refractivity contribution in [3.63, 3.8) is 0 Å². The molecule has 0 saturated heterocycles. The fraction of sp³-hybridized carbons (Fsp3) is 0.190. The molecular weight excluding hydrogens is 356 g/mol. The molecule has 2 aliphatic heterocycles. The van der Waals surface area contributed by atoms with Crippen molar-refractivity contribution in [3.8, 4) is 17.0 Å². The molecule has 7 nitrogen and oxygen atoms in total. The van der Waals surface area contributed by atoms with Crippen molar-refractivity contribution in [3.05, 3.63) is 64.8 Å². The summed E-state index contributed by atoms with van der Waals surface area (Å²) in [6.07, 6.45) is 0. The van der Waals surface area contributed by atoms with Crippen molar-refractivity contribution in [2.75, 3.05) is 19.0 Å². The van der Waals surface area contributed by atoms with Crippen LogP contribution in [0.2, 0.25) is 0 Å². The summed E-state index contributed by atoms with van der Waals surface area (Å²) in [7, 11) is 3.33. The molecule has 140 valence electrons. The maximum Gasteiger partial charge on any atom is 0.273 e. The zero-order valence-corrected chi connectivity index (χ0v) is 15.6. The van der Waals surface area contributed by atoms with E-state index in [1.165, 1.54) is 4.90 Å². The number of phenols is 1. The van der Waals surface area contributed by atoms with Gasteiger partial charge in [0.25, 0.3) is 11.8 Å². The highest BCUT2D eigenvalue weighted by atomic mass is 16.3. The zero-order valence-electron chi connectivity index (χ0n) is 15.6. The molecule has 28 heavy (non-hydrogen) atoms. The number of amides is 2. The van der Waals surface area contributed by atoms with Crippen molar-refractivity contribution in [1.82, 2.24) is 15.1 Å². The van der Waals surface area contributed by atoms with E-state index in [1.807, 2.05) is 37.3 Å². The summed E-state index contributed by atoms with van der Waals surface area (Å²) in [5.41, 5.74) is 2.72. The number of phenolic OH excluding ortho intramolecular Hbond substituents is 1. The van der Waals surface area contributed by atoms with E-state index in [-0.39, 0.29) is 23.3 Å². The first-order valence-electron chi connectivity index (χ1n) is 8.93. The number of anilines is 1. The lowest BCUT2D eigenvalue weighted by Crippen LogP contribution is -2.49. The molecule has 1 spiro atoms. The molecule has 1 aromatic heterocycles. The van der Waals surface area contributed by atoms with E-state index in [0.717, 1.165) is 16.8 Å². The highest BCUT2D eigenvalue weighted by Crippen LogP contribution is 2.54. The van der Waals surface area contributed by atoms with Crippen LogP contribution in [-0.4, -0.2) is 46.1 Å². The lowest BCUT2D eigenvalue weighted by molar-refractivity contribution is -0.125. The summed E-state index contributed by atoms with van der Waals surface area (Å²) < 4.78 is 0. The number of carbonyl (C=O) groups is 2. The second-order valence-corrected chi connectivity index (χ2v) is 7.30. The van der Waals surface area contributed by atoms with E-state index >= 15 is 0 Å². The van der Waals surface area contributed by atoms with E-state index in [0.29, 0.717) is 16.8 Å². The minimum Gasteiger partial charge on any atom is -0.507 e. The number of fused-ring (bicyclic) bond motifs is 4. The second kappa shape index (κ2) is 5.22. The van der Waals surface area contributed by atoms with Gasteiger partial charge in [0.15, 0.2) is 5.54 Å². The summed E-state index contributed by atoms with van der Waals surface area (Å²) in [5.74, 6) is -0.477. The van der Waals surface area contributed by atoms with Crippen molar-refractivity contribution < 1.29 is 14.7 Å². The Bertz CT molecular complexity index is 1180. The Morgan fingerprint density at radius 2 is 1.86 bits per heavy atom. The molecule has 1 unspecified atom stereocenters. The third-order valence-corrected chi connectivity index (χ3v) is 5.83. The van der Waals surface area contributed by atoms with Crippen LogP contribution >= 0.6 is 0 Å². The molecule has 0 fully saturated rings. The Morgan fingerprint density at radius 3 is 2.61 bits per heavy atom. The van der Waals surface area contributed by atoms with Gasteiger partial charge in [0.05, 0.1) is 5.56 Å². The van der Waals surface area contributed by atoms with Gasteiger partial charge in [-0.15, -0.1) is 0 Å². The van der Waals surface area contributed by atoms with Crippen molar-refractivity contribution >= 4 is 17.5 Å². The lowest BCUT2D eigenvalue weighted by atomic mass is 9.83. The maximum absolute atomic E-state index is 13.6. The molecule has 2 aliphatic rings. The number of rotatable bonds is 1. The maximum atomic E-state index is 13.6. The Hall–Kier alpha value is -3.61. The molecule has 0 radical (unpaired) electrons.